The van der Waals surface area contributed by atoms with Crippen LogP contribution in [0.4, 0.5) is 14.6 Å². The van der Waals surface area contributed by atoms with E-state index in [-0.39, 0.29) is 35.1 Å². The molecule has 0 spiro atoms. The van der Waals surface area contributed by atoms with E-state index in [0.717, 1.165) is 61.6 Å². The first-order valence-corrected chi connectivity index (χ1v) is 15.6. The van der Waals surface area contributed by atoms with Crippen LogP contribution in [0.25, 0.3) is 38.4 Å². The van der Waals surface area contributed by atoms with E-state index in [2.05, 4.69) is 25.1 Å². The lowest BCUT2D eigenvalue weighted by molar-refractivity contribution is 0.107. The van der Waals surface area contributed by atoms with Crippen molar-refractivity contribution in [2.24, 2.45) is 0 Å². The number of phenolic OH excluding ortho intramolecular Hbond substituents is 1. The van der Waals surface area contributed by atoms with Gasteiger partial charge in [0.05, 0.1) is 16.4 Å². The van der Waals surface area contributed by atoms with Gasteiger partial charge in [-0.1, -0.05) is 0 Å². The smallest absolute Gasteiger partial charge is 0.319 e. The van der Waals surface area contributed by atoms with Crippen molar-refractivity contribution in [3.63, 3.8) is 0 Å². The predicted molar refractivity (Wildman–Crippen MR) is 164 cm³/mol. The van der Waals surface area contributed by atoms with Gasteiger partial charge in [-0.05, 0) is 67.9 Å². The number of pyridine rings is 2. The second-order valence-electron chi connectivity index (χ2n) is 13.0. The van der Waals surface area contributed by atoms with Gasteiger partial charge < -0.3 is 24.5 Å². The van der Waals surface area contributed by atoms with Crippen LogP contribution >= 0.6 is 0 Å². The van der Waals surface area contributed by atoms with Crippen molar-refractivity contribution in [3.05, 3.63) is 54.7 Å². The van der Waals surface area contributed by atoms with Gasteiger partial charge in [-0.15, -0.1) is 0 Å². The molecule has 4 aliphatic heterocycles. The number of halogens is 2. The Labute approximate surface area is 252 Å². The molecule has 11 heteroatoms. The number of hydrogen-bond acceptors (Lipinski definition) is 8. The number of nitrogens with zero attached hydrogens (tertiary/aromatic N) is 6. The van der Waals surface area contributed by atoms with Crippen molar-refractivity contribution in [2.75, 3.05) is 37.7 Å². The highest BCUT2D eigenvalue weighted by Gasteiger charge is 2.49. The molecule has 8 heterocycles. The molecule has 5 aromatic rings. The lowest BCUT2D eigenvalue weighted by Gasteiger charge is -2.34. The summed E-state index contributed by atoms with van der Waals surface area (Å²) in [4.78, 5) is 18.5. The van der Waals surface area contributed by atoms with Crippen LogP contribution < -0.4 is 15.0 Å². The first-order chi connectivity index (χ1) is 21.4. The van der Waals surface area contributed by atoms with Crippen LogP contribution in [0, 0.1) is 5.82 Å². The van der Waals surface area contributed by atoms with Gasteiger partial charge in [0.15, 0.2) is 5.82 Å². The Kier molecular flexibility index (Phi) is 5.81. The Morgan fingerprint density at radius 2 is 1.95 bits per heavy atom. The van der Waals surface area contributed by atoms with Crippen LogP contribution in [-0.4, -0.2) is 85.9 Å². The normalized spacial score (nSPS) is 26.8. The van der Waals surface area contributed by atoms with E-state index >= 15 is 4.39 Å². The Morgan fingerprint density at radius 3 is 2.82 bits per heavy atom. The Morgan fingerprint density at radius 1 is 1.09 bits per heavy atom. The molecule has 4 saturated heterocycles. The molecule has 4 fully saturated rings. The van der Waals surface area contributed by atoms with E-state index in [1.165, 1.54) is 0 Å². The van der Waals surface area contributed by atoms with Crippen molar-refractivity contribution >= 4 is 33.0 Å². The Hall–Kier alpha value is -4.09. The number of piperazine rings is 1. The van der Waals surface area contributed by atoms with Crippen LogP contribution in [0.5, 0.6) is 11.8 Å². The zero-order chi connectivity index (χ0) is 29.6. The highest BCUT2D eigenvalue weighted by atomic mass is 19.1. The number of hydrogen-bond donors (Lipinski definition) is 2. The number of aromatic nitrogens is 4. The molecule has 2 N–H and O–H groups in total. The highest BCUT2D eigenvalue weighted by Crippen LogP contribution is 2.42. The molecule has 2 bridgehead atoms. The SMILES string of the molecule is Oc1cc(-c2ncc3c(N4C[C@H]5CC[C@@H](C4)N5)nc(OC[C@@]45CCCN4C[C@H](F)C5)nc3c2F)c2c(ccn3cccc23)c1. The van der Waals surface area contributed by atoms with Gasteiger partial charge in [-0.3, -0.25) is 9.88 Å². The van der Waals surface area contributed by atoms with Gasteiger partial charge in [0, 0.05) is 67.7 Å². The number of ether oxygens (including phenoxy) is 1. The minimum atomic E-state index is -0.876. The molecular weight excluding hydrogens is 564 g/mol. The van der Waals surface area contributed by atoms with Gasteiger partial charge in [-0.2, -0.15) is 9.97 Å². The largest absolute Gasteiger partial charge is 0.508 e. The van der Waals surface area contributed by atoms with E-state index in [4.69, 9.17) is 9.72 Å². The number of rotatable bonds is 5. The summed E-state index contributed by atoms with van der Waals surface area (Å²) in [5.74, 6) is 0.0306. The first-order valence-electron chi connectivity index (χ1n) is 15.6. The lowest BCUT2D eigenvalue weighted by atomic mass is 9.95. The van der Waals surface area contributed by atoms with E-state index in [1.54, 1.807) is 18.3 Å². The maximum atomic E-state index is 16.9. The van der Waals surface area contributed by atoms with E-state index < -0.39 is 12.0 Å². The zero-order valence-electron chi connectivity index (χ0n) is 24.2. The van der Waals surface area contributed by atoms with Crippen molar-refractivity contribution in [1.29, 1.82) is 0 Å². The molecule has 0 saturated carbocycles. The van der Waals surface area contributed by atoms with Crippen molar-refractivity contribution < 1.29 is 18.6 Å². The van der Waals surface area contributed by atoms with Gasteiger partial charge in [0.2, 0.25) is 0 Å². The summed E-state index contributed by atoms with van der Waals surface area (Å²) in [6, 6.07) is 9.79. The van der Waals surface area contributed by atoms with Crippen LogP contribution in [0.3, 0.4) is 0 Å². The fraction of sp³-hybridized carbons (Fsp3) is 0.424. The third kappa shape index (κ3) is 4.05. The molecule has 44 heavy (non-hydrogen) atoms. The number of aromatic hydroxyl groups is 1. The number of alkyl halides is 1. The van der Waals surface area contributed by atoms with Gasteiger partial charge in [0.25, 0.3) is 0 Å². The summed E-state index contributed by atoms with van der Waals surface area (Å²) < 4.78 is 39.6. The summed E-state index contributed by atoms with van der Waals surface area (Å²) in [6.45, 7) is 3.03. The fourth-order valence-corrected chi connectivity index (χ4v) is 8.28. The Balaban J connectivity index is 1.20. The molecule has 0 aliphatic carbocycles. The van der Waals surface area contributed by atoms with Crippen molar-refractivity contribution in [1.82, 2.24) is 29.6 Å². The van der Waals surface area contributed by atoms with Crippen LogP contribution in [0.2, 0.25) is 0 Å². The maximum absolute atomic E-state index is 16.9. The summed E-state index contributed by atoms with van der Waals surface area (Å²) in [5.41, 5.74) is 1.20. The van der Waals surface area contributed by atoms with E-state index in [0.29, 0.717) is 41.8 Å². The minimum absolute atomic E-state index is 0.0245. The van der Waals surface area contributed by atoms with Crippen molar-refractivity contribution in [2.45, 2.75) is 55.9 Å². The maximum Gasteiger partial charge on any atom is 0.319 e. The summed E-state index contributed by atoms with van der Waals surface area (Å²) in [6.07, 6.45) is 9.07. The quantitative estimate of drug-likeness (QED) is 0.298. The standard InChI is InChI=1S/C33H33F2N7O2/c34-20-13-33(7-2-9-42(33)15-20)18-44-32-38-30-25(31(39-32)41-16-21-4-5-22(17-41)37-21)14-36-29(28(30)35)24-12-23(43)11-19-6-10-40-8-1-3-26(40)27(19)24/h1,3,6,8,10-12,14,20-22,37,43H,2,4-5,7,9,13,15-18H2/t20-,21-,22+,33+/m1/s1. The molecule has 1 aromatic carbocycles. The molecule has 4 atom stereocenters. The molecular formula is C33H33F2N7O2. The predicted octanol–water partition coefficient (Wildman–Crippen LogP) is 4.84. The summed E-state index contributed by atoms with van der Waals surface area (Å²) in [7, 11) is 0. The monoisotopic (exact) mass is 597 g/mol. The number of phenols is 1. The average molecular weight is 598 g/mol. The van der Waals surface area contributed by atoms with E-state index in [1.807, 2.05) is 35.0 Å². The molecule has 4 aromatic heterocycles. The highest BCUT2D eigenvalue weighted by molar-refractivity contribution is 6.07. The third-order valence-electron chi connectivity index (χ3n) is 10.2. The molecule has 9 rings (SSSR count). The first kappa shape index (κ1) is 26.3. The number of fused-ring (bicyclic) bond motifs is 7. The minimum Gasteiger partial charge on any atom is -0.508 e. The molecule has 226 valence electrons. The molecule has 0 amide bonds. The molecule has 0 unspecified atom stereocenters. The molecule has 9 nitrogen and oxygen atoms in total. The van der Waals surface area contributed by atoms with E-state index in [9.17, 15) is 9.50 Å². The van der Waals surface area contributed by atoms with Crippen molar-refractivity contribution in [3.8, 4) is 23.0 Å². The molecule has 4 aliphatic rings. The molecule has 0 radical (unpaired) electrons. The number of anilines is 1. The fourth-order valence-electron chi connectivity index (χ4n) is 8.28. The summed E-state index contributed by atoms with van der Waals surface area (Å²) >= 11 is 0. The van der Waals surface area contributed by atoms with Gasteiger partial charge in [0.1, 0.15) is 35.6 Å². The second-order valence-corrected chi connectivity index (χ2v) is 13.0. The lowest BCUT2D eigenvalue weighted by Crippen LogP contribution is -2.51. The van der Waals surface area contributed by atoms with Crippen LogP contribution in [0.15, 0.2) is 48.9 Å². The third-order valence-corrected chi connectivity index (χ3v) is 10.2. The second kappa shape index (κ2) is 9.70. The zero-order valence-corrected chi connectivity index (χ0v) is 24.2. The van der Waals surface area contributed by atoms with Crippen LogP contribution in [0.1, 0.15) is 32.1 Å². The number of nitrogens with one attached hydrogen (secondary N) is 1. The average Bonchev–Trinajstić information content (AvgIpc) is 3.79. The summed E-state index contributed by atoms with van der Waals surface area (Å²) in [5, 5.41) is 16.4. The number of benzene rings is 1. The van der Waals surface area contributed by atoms with Gasteiger partial charge >= 0.3 is 6.01 Å². The Bertz CT molecular complexity index is 1940. The topological polar surface area (TPSA) is 91.0 Å². The van der Waals surface area contributed by atoms with Crippen LogP contribution in [-0.2, 0) is 0 Å². The van der Waals surface area contributed by atoms with Gasteiger partial charge in [-0.25, -0.2) is 8.78 Å².